The smallest absolute Gasteiger partial charge is 0.0705 e. The molecular weight excluding hydrogens is 188 g/mol. The fraction of sp³-hybridized carbons (Fsp3) is 1.00. The van der Waals surface area contributed by atoms with E-state index in [0.29, 0.717) is 12.0 Å². The Morgan fingerprint density at radius 2 is 2.20 bits per heavy atom. The first-order valence-electron chi connectivity index (χ1n) is 6.24. The Labute approximate surface area is 92.7 Å². The molecule has 2 rings (SSSR count). The van der Waals surface area contributed by atoms with Gasteiger partial charge in [-0.1, -0.05) is 0 Å². The zero-order valence-corrected chi connectivity index (χ0v) is 9.80. The Morgan fingerprint density at radius 1 is 1.47 bits per heavy atom. The van der Waals surface area contributed by atoms with Gasteiger partial charge in [-0.15, -0.1) is 0 Å². The first-order valence-corrected chi connectivity index (χ1v) is 6.24. The number of rotatable bonds is 8. The van der Waals surface area contributed by atoms with Crippen LogP contribution in [-0.2, 0) is 4.74 Å². The minimum atomic E-state index is 0.230. The van der Waals surface area contributed by atoms with Crippen LogP contribution in [0.1, 0.15) is 32.1 Å². The summed E-state index contributed by atoms with van der Waals surface area (Å²) < 4.78 is 5.24. The van der Waals surface area contributed by atoms with Gasteiger partial charge in [0, 0.05) is 20.2 Å². The number of nitrogens with two attached hydrogens (primary N) is 1. The molecule has 0 saturated heterocycles. The van der Waals surface area contributed by atoms with Crippen LogP contribution in [0.25, 0.3) is 0 Å². The fourth-order valence-corrected chi connectivity index (χ4v) is 2.52. The molecule has 2 aliphatic carbocycles. The number of nitrogens with one attached hydrogen (secondary N) is 1. The number of hydrogen-bond acceptors (Lipinski definition) is 3. The molecular formula is C12H24N2O. The maximum atomic E-state index is 5.57. The van der Waals surface area contributed by atoms with Crippen molar-refractivity contribution in [3.8, 4) is 0 Å². The molecule has 3 heteroatoms. The van der Waals surface area contributed by atoms with Gasteiger partial charge in [-0.05, 0) is 50.0 Å². The molecule has 88 valence electrons. The van der Waals surface area contributed by atoms with E-state index in [0.717, 1.165) is 18.9 Å². The summed E-state index contributed by atoms with van der Waals surface area (Å²) in [5.41, 5.74) is 6.28. The summed E-state index contributed by atoms with van der Waals surface area (Å²) in [6.45, 7) is 2.90. The molecule has 0 bridgehead atoms. The molecule has 1 atom stereocenters. The minimum absolute atomic E-state index is 0.230. The van der Waals surface area contributed by atoms with Gasteiger partial charge in [0.15, 0.2) is 0 Å². The molecule has 0 aromatic heterocycles. The van der Waals surface area contributed by atoms with Gasteiger partial charge >= 0.3 is 0 Å². The van der Waals surface area contributed by atoms with Crippen molar-refractivity contribution in [3.05, 3.63) is 0 Å². The summed E-state index contributed by atoms with van der Waals surface area (Å²) in [4.78, 5) is 0. The Kier molecular flexibility index (Phi) is 3.65. The Hall–Kier alpha value is -0.120. The van der Waals surface area contributed by atoms with Crippen LogP contribution in [0.15, 0.2) is 0 Å². The first kappa shape index (κ1) is 11.4. The second kappa shape index (κ2) is 4.81. The standard InChI is InChI=1S/C12H24N2O/c1-15-11(8-13)4-7-14-9-12(5-6-12)10-2-3-10/h10-11,14H,2-9,13H2,1H3. The SMILES string of the molecule is COC(CN)CCNCC1(C2CC2)CC1. The lowest BCUT2D eigenvalue weighted by atomic mass is 10.0. The highest BCUT2D eigenvalue weighted by atomic mass is 16.5. The van der Waals surface area contributed by atoms with E-state index in [4.69, 9.17) is 10.5 Å². The summed E-state index contributed by atoms with van der Waals surface area (Å²) in [7, 11) is 1.74. The number of hydrogen-bond donors (Lipinski definition) is 2. The summed E-state index contributed by atoms with van der Waals surface area (Å²) in [6, 6.07) is 0. The molecule has 2 saturated carbocycles. The average molecular weight is 212 g/mol. The van der Waals surface area contributed by atoms with Crippen LogP contribution in [0.5, 0.6) is 0 Å². The van der Waals surface area contributed by atoms with Crippen LogP contribution in [0, 0.1) is 11.3 Å². The third kappa shape index (κ3) is 2.92. The van der Waals surface area contributed by atoms with Crippen molar-refractivity contribution >= 4 is 0 Å². The lowest BCUT2D eigenvalue weighted by Gasteiger charge is -2.17. The molecule has 2 fully saturated rings. The highest BCUT2D eigenvalue weighted by molar-refractivity contribution is 5.04. The summed E-state index contributed by atoms with van der Waals surface area (Å²) in [5.74, 6) is 1.05. The van der Waals surface area contributed by atoms with Crippen LogP contribution in [0.2, 0.25) is 0 Å². The zero-order chi connectivity index (χ0) is 10.7. The highest BCUT2D eigenvalue weighted by Crippen LogP contribution is 2.60. The van der Waals surface area contributed by atoms with Crippen LogP contribution >= 0.6 is 0 Å². The van der Waals surface area contributed by atoms with Gasteiger partial charge in [0.2, 0.25) is 0 Å². The van der Waals surface area contributed by atoms with E-state index in [-0.39, 0.29) is 6.10 Å². The molecule has 0 heterocycles. The Balaban J connectivity index is 1.55. The van der Waals surface area contributed by atoms with Gasteiger partial charge in [0.1, 0.15) is 0 Å². The van der Waals surface area contributed by atoms with Gasteiger partial charge in [0.25, 0.3) is 0 Å². The van der Waals surface area contributed by atoms with Crippen molar-refractivity contribution < 1.29 is 4.74 Å². The van der Waals surface area contributed by atoms with Gasteiger partial charge < -0.3 is 15.8 Å². The molecule has 15 heavy (non-hydrogen) atoms. The predicted octanol–water partition coefficient (Wildman–Crippen LogP) is 1.13. The third-order valence-corrected chi connectivity index (χ3v) is 4.05. The molecule has 1 unspecified atom stereocenters. The normalized spacial score (nSPS) is 25.2. The number of methoxy groups -OCH3 is 1. The molecule has 0 spiro atoms. The Bertz CT molecular complexity index is 196. The highest BCUT2D eigenvalue weighted by Gasteiger charge is 2.53. The first-order chi connectivity index (χ1) is 7.30. The predicted molar refractivity (Wildman–Crippen MR) is 61.7 cm³/mol. The number of ether oxygens (including phenoxy) is 1. The molecule has 3 nitrogen and oxygen atoms in total. The third-order valence-electron chi connectivity index (χ3n) is 4.05. The van der Waals surface area contributed by atoms with E-state index in [1.807, 2.05) is 0 Å². The quantitative estimate of drug-likeness (QED) is 0.593. The molecule has 0 aromatic rings. The fourth-order valence-electron chi connectivity index (χ4n) is 2.52. The van der Waals surface area contributed by atoms with Crippen molar-refractivity contribution in [2.24, 2.45) is 17.1 Å². The second-order valence-corrected chi connectivity index (χ2v) is 5.20. The van der Waals surface area contributed by atoms with Gasteiger partial charge in [-0.3, -0.25) is 0 Å². The average Bonchev–Trinajstić information content (AvgIpc) is 3.11. The second-order valence-electron chi connectivity index (χ2n) is 5.20. The largest absolute Gasteiger partial charge is 0.380 e. The zero-order valence-electron chi connectivity index (χ0n) is 9.80. The lowest BCUT2D eigenvalue weighted by Crippen LogP contribution is -2.31. The summed E-state index contributed by atoms with van der Waals surface area (Å²) >= 11 is 0. The molecule has 2 aliphatic rings. The maximum absolute atomic E-state index is 5.57. The van der Waals surface area contributed by atoms with Gasteiger partial charge in [-0.25, -0.2) is 0 Å². The van der Waals surface area contributed by atoms with Crippen LogP contribution < -0.4 is 11.1 Å². The van der Waals surface area contributed by atoms with Gasteiger partial charge in [0.05, 0.1) is 6.10 Å². The van der Waals surface area contributed by atoms with E-state index in [2.05, 4.69) is 5.32 Å². The van der Waals surface area contributed by atoms with Crippen LogP contribution in [0.4, 0.5) is 0 Å². The molecule has 0 aromatic carbocycles. The van der Waals surface area contributed by atoms with Crippen molar-refractivity contribution in [3.63, 3.8) is 0 Å². The van der Waals surface area contributed by atoms with E-state index >= 15 is 0 Å². The van der Waals surface area contributed by atoms with Gasteiger partial charge in [-0.2, -0.15) is 0 Å². The minimum Gasteiger partial charge on any atom is -0.380 e. The summed E-state index contributed by atoms with van der Waals surface area (Å²) in [6.07, 6.45) is 7.13. The lowest BCUT2D eigenvalue weighted by molar-refractivity contribution is 0.102. The molecule has 0 aliphatic heterocycles. The molecule has 0 amide bonds. The van der Waals surface area contributed by atoms with Crippen molar-refractivity contribution in [1.29, 1.82) is 0 Å². The van der Waals surface area contributed by atoms with E-state index in [9.17, 15) is 0 Å². The van der Waals surface area contributed by atoms with Crippen LogP contribution in [0.3, 0.4) is 0 Å². The van der Waals surface area contributed by atoms with E-state index in [1.54, 1.807) is 7.11 Å². The van der Waals surface area contributed by atoms with Crippen molar-refractivity contribution in [2.75, 3.05) is 26.7 Å². The molecule has 3 N–H and O–H groups in total. The van der Waals surface area contributed by atoms with Crippen molar-refractivity contribution in [2.45, 2.75) is 38.2 Å². The summed E-state index contributed by atoms with van der Waals surface area (Å²) in [5, 5.41) is 3.57. The Morgan fingerprint density at radius 3 is 2.67 bits per heavy atom. The monoisotopic (exact) mass is 212 g/mol. The van der Waals surface area contributed by atoms with E-state index in [1.165, 1.54) is 32.2 Å². The topological polar surface area (TPSA) is 47.3 Å². The van der Waals surface area contributed by atoms with Crippen LogP contribution in [-0.4, -0.2) is 32.8 Å². The van der Waals surface area contributed by atoms with E-state index < -0.39 is 0 Å². The molecule has 0 radical (unpaired) electrons. The van der Waals surface area contributed by atoms with Crippen molar-refractivity contribution in [1.82, 2.24) is 5.32 Å². The maximum Gasteiger partial charge on any atom is 0.0705 e.